The van der Waals surface area contributed by atoms with Gasteiger partial charge in [-0.15, -0.1) is 11.3 Å². The van der Waals surface area contributed by atoms with Gasteiger partial charge in [-0.05, 0) is 46.2 Å². The van der Waals surface area contributed by atoms with E-state index in [0.717, 1.165) is 6.42 Å². The van der Waals surface area contributed by atoms with Crippen molar-refractivity contribution >= 4 is 17.2 Å². The predicted molar refractivity (Wildman–Crippen MR) is 86.4 cm³/mol. The van der Waals surface area contributed by atoms with E-state index in [4.69, 9.17) is 4.74 Å². The van der Waals surface area contributed by atoms with Crippen LogP contribution in [0.3, 0.4) is 0 Å². The maximum atomic E-state index is 12.6. The second kappa shape index (κ2) is 6.46. The van der Waals surface area contributed by atoms with Crippen LogP contribution in [0.5, 0.6) is 0 Å². The molecular weight excluding hydrogens is 284 g/mol. The van der Waals surface area contributed by atoms with Crippen LogP contribution in [0.25, 0.3) is 0 Å². The number of ether oxygens (including phenoxy) is 1. The monoisotopic (exact) mass is 310 g/mol. The Kier molecular flexibility index (Phi) is 5.07. The summed E-state index contributed by atoms with van der Waals surface area (Å²) in [5, 5.41) is 3.47. The zero-order chi connectivity index (χ0) is 15.6. The zero-order valence-electron chi connectivity index (χ0n) is 13.6. The van der Waals surface area contributed by atoms with E-state index in [0.29, 0.717) is 13.2 Å². The summed E-state index contributed by atoms with van der Waals surface area (Å²) >= 11 is 1.75. The van der Waals surface area contributed by atoms with Crippen LogP contribution in [0.15, 0.2) is 12.1 Å². The van der Waals surface area contributed by atoms with Gasteiger partial charge in [-0.1, -0.05) is 6.92 Å². The van der Waals surface area contributed by atoms with Crippen molar-refractivity contribution in [1.82, 2.24) is 10.2 Å². The predicted octanol–water partition coefficient (Wildman–Crippen LogP) is 3.08. The molecule has 1 aliphatic heterocycles. The molecule has 1 amide bonds. The molecule has 118 valence electrons. The molecule has 4 nitrogen and oxygen atoms in total. The van der Waals surface area contributed by atoms with Crippen LogP contribution in [-0.2, 0) is 9.53 Å². The van der Waals surface area contributed by atoms with Gasteiger partial charge in [0.15, 0.2) is 0 Å². The normalized spacial score (nSPS) is 23.1. The van der Waals surface area contributed by atoms with E-state index in [1.54, 1.807) is 11.3 Å². The van der Waals surface area contributed by atoms with Crippen LogP contribution in [0.4, 0.5) is 0 Å². The van der Waals surface area contributed by atoms with Gasteiger partial charge in [0.05, 0.1) is 18.2 Å². The summed E-state index contributed by atoms with van der Waals surface area (Å²) in [4.78, 5) is 17.0. The summed E-state index contributed by atoms with van der Waals surface area (Å²) in [6, 6.07) is 4.14. The number of rotatable bonds is 6. The van der Waals surface area contributed by atoms with Gasteiger partial charge in [0, 0.05) is 16.4 Å². The van der Waals surface area contributed by atoms with E-state index in [1.165, 1.54) is 9.75 Å². The molecule has 0 saturated carbocycles. The molecule has 0 bridgehead atoms. The average molecular weight is 310 g/mol. The Morgan fingerprint density at radius 1 is 1.38 bits per heavy atom. The van der Waals surface area contributed by atoms with E-state index < -0.39 is 0 Å². The molecule has 2 heterocycles. The lowest BCUT2D eigenvalue weighted by molar-refractivity contribution is -0.134. The Hall–Kier alpha value is -0.910. The number of nitrogens with one attached hydrogen (secondary N) is 1. The number of hydrogen-bond acceptors (Lipinski definition) is 4. The van der Waals surface area contributed by atoms with Gasteiger partial charge < -0.3 is 9.64 Å². The minimum Gasteiger partial charge on any atom is -0.374 e. The molecule has 1 aromatic rings. The average Bonchev–Trinajstić information content (AvgIpc) is 2.95. The molecule has 0 aromatic carbocycles. The van der Waals surface area contributed by atoms with Crippen LogP contribution in [0.1, 0.15) is 50.0 Å². The SMILES string of the molecule is CCOC(C)(C)CN1C(=O)C(CC)NC1c1ccc(C)s1. The molecule has 21 heavy (non-hydrogen) atoms. The Bertz CT molecular complexity index is 498. The zero-order valence-corrected chi connectivity index (χ0v) is 14.4. The second-order valence-electron chi connectivity index (χ2n) is 6.14. The topological polar surface area (TPSA) is 41.6 Å². The first-order chi connectivity index (χ1) is 9.88. The molecule has 1 fully saturated rings. The highest BCUT2D eigenvalue weighted by molar-refractivity contribution is 7.12. The fraction of sp³-hybridized carbons (Fsp3) is 0.688. The van der Waals surface area contributed by atoms with Crippen molar-refractivity contribution in [2.24, 2.45) is 0 Å². The number of hydrogen-bond donors (Lipinski definition) is 1. The lowest BCUT2D eigenvalue weighted by Crippen LogP contribution is -2.43. The van der Waals surface area contributed by atoms with E-state index in [2.05, 4.69) is 24.4 Å². The molecular formula is C16H26N2O2S. The fourth-order valence-electron chi connectivity index (χ4n) is 2.82. The smallest absolute Gasteiger partial charge is 0.241 e. The van der Waals surface area contributed by atoms with Crippen molar-refractivity contribution in [2.75, 3.05) is 13.2 Å². The number of carbonyl (C=O) groups is 1. The third-order valence-electron chi connectivity index (χ3n) is 3.78. The highest BCUT2D eigenvalue weighted by Gasteiger charge is 2.41. The maximum absolute atomic E-state index is 12.6. The molecule has 0 radical (unpaired) electrons. The molecule has 2 unspecified atom stereocenters. The first-order valence-electron chi connectivity index (χ1n) is 7.64. The van der Waals surface area contributed by atoms with Crippen LogP contribution >= 0.6 is 11.3 Å². The van der Waals surface area contributed by atoms with Gasteiger partial charge in [-0.3, -0.25) is 10.1 Å². The van der Waals surface area contributed by atoms with Crippen molar-refractivity contribution in [1.29, 1.82) is 0 Å². The third-order valence-corrected chi connectivity index (χ3v) is 4.83. The number of aryl methyl sites for hydroxylation is 1. The molecule has 5 heteroatoms. The minimum absolute atomic E-state index is 0.0270. The summed E-state index contributed by atoms with van der Waals surface area (Å²) in [6.07, 6.45) is 0.784. The summed E-state index contributed by atoms with van der Waals surface area (Å²) in [7, 11) is 0. The summed E-state index contributed by atoms with van der Waals surface area (Å²) in [5.41, 5.74) is -0.334. The first kappa shape index (κ1) is 16.5. The summed E-state index contributed by atoms with van der Waals surface area (Å²) < 4.78 is 5.78. The van der Waals surface area contributed by atoms with Crippen LogP contribution in [0.2, 0.25) is 0 Å². The Balaban J connectivity index is 2.23. The van der Waals surface area contributed by atoms with Gasteiger partial charge in [0.25, 0.3) is 0 Å². The maximum Gasteiger partial charge on any atom is 0.241 e. The summed E-state index contributed by atoms with van der Waals surface area (Å²) in [6.45, 7) is 11.5. The van der Waals surface area contributed by atoms with Crippen molar-refractivity contribution < 1.29 is 9.53 Å². The molecule has 1 N–H and O–H groups in total. The Morgan fingerprint density at radius 3 is 2.62 bits per heavy atom. The molecule has 1 aliphatic rings. The fourth-order valence-corrected chi connectivity index (χ4v) is 3.77. The Labute approximate surface area is 131 Å². The highest BCUT2D eigenvalue weighted by atomic mass is 32.1. The quantitative estimate of drug-likeness (QED) is 0.878. The highest BCUT2D eigenvalue weighted by Crippen LogP contribution is 2.32. The Morgan fingerprint density at radius 2 is 2.10 bits per heavy atom. The van der Waals surface area contributed by atoms with Gasteiger partial charge >= 0.3 is 0 Å². The van der Waals surface area contributed by atoms with Gasteiger partial charge in [0.1, 0.15) is 6.17 Å². The van der Waals surface area contributed by atoms with Crippen LogP contribution in [-0.4, -0.2) is 35.6 Å². The molecule has 2 atom stereocenters. The van der Waals surface area contributed by atoms with Crippen molar-refractivity contribution in [3.63, 3.8) is 0 Å². The van der Waals surface area contributed by atoms with Gasteiger partial charge in [-0.25, -0.2) is 0 Å². The number of nitrogens with zero attached hydrogens (tertiary/aromatic N) is 1. The lowest BCUT2D eigenvalue weighted by Gasteiger charge is -2.33. The van der Waals surface area contributed by atoms with E-state index in [-0.39, 0.29) is 23.7 Å². The van der Waals surface area contributed by atoms with E-state index in [1.807, 2.05) is 32.6 Å². The standard InChI is InChI=1S/C16H26N2O2S/c1-6-12-15(19)18(10-16(4,5)20-7-2)14(17-12)13-9-8-11(3)21-13/h8-9,12,14,17H,6-7,10H2,1-5H3. The van der Waals surface area contributed by atoms with Gasteiger partial charge in [0.2, 0.25) is 5.91 Å². The van der Waals surface area contributed by atoms with Crippen molar-refractivity contribution in [3.05, 3.63) is 21.9 Å². The minimum atomic E-state index is -0.334. The molecule has 2 rings (SSSR count). The van der Waals surface area contributed by atoms with Gasteiger partial charge in [-0.2, -0.15) is 0 Å². The second-order valence-corrected chi connectivity index (χ2v) is 7.46. The number of thiophene rings is 1. The number of carbonyl (C=O) groups excluding carboxylic acids is 1. The molecule has 1 saturated heterocycles. The molecule has 0 spiro atoms. The largest absolute Gasteiger partial charge is 0.374 e. The number of amides is 1. The molecule has 1 aromatic heterocycles. The lowest BCUT2D eigenvalue weighted by atomic mass is 10.1. The molecule has 0 aliphatic carbocycles. The van der Waals surface area contributed by atoms with E-state index in [9.17, 15) is 4.79 Å². The van der Waals surface area contributed by atoms with Crippen molar-refractivity contribution in [2.45, 2.75) is 58.8 Å². The third kappa shape index (κ3) is 3.65. The van der Waals surface area contributed by atoms with Crippen molar-refractivity contribution in [3.8, 4) is 0 Å². The first-order valence-corrected chi connectivity index (χ1v) is 8.46. The van der Waals surface area contributed by atoms with E-state index >= 15 is 0 Å². The van der Waals surface area contributed by atoms with Crippen LogP contribution in [0, 0.1) is 6.92 Å². The summed E-state index contributed by atoms with van der Waals surface area (Å²) in [5.74, 6) is 0.182. The van der Waals surface area contributed by atoms with Crippen LogP contribution < -0.4 is 5.32 Å².